The summed E-state index contributed by atoms with van der Waals surface area (Å²) < 4.78 is 4.57. The summed E-state index contributed by atoms with van der Waals surface area (Å²) in [6, 6.07) is 8.25. The predicted octanol–water partition coefficient (Wildman–Crippen LogP) is 4.50. The maximum Gasteiger partial charge on any atom is 0.356 e. The molecule has 0 bridgehead atoms. The first-order valence-corrected chi connectivity index (χ1v) is 6.36. The van der Waals surface area contributed by atoms with Crippen molar-refractivity contribution in [3.05, 3.63) is 51.2 Å². The van der Waals surface area contributed by atoms with Crippen molar-refractivity contribution >= 4 is 40.8 Å². The zero-order chi connectivity index (χ0) is 14.0. The van der Waals surface area contributed by atoms with Gasteiger partial charge in [-0.3, -0.25) is 0 Å². The van der Waals surface area contributed by atoms with E-state index in [2.05, 4.69) is 9.72 Å². The molecule has 0 saturated carbocycles. The Bertz CT molecular complexity index is 644. The third-order valence-corrected chi connectivity index (χ3v) is 3.30. The summed E-state index contributed by atoms with van der Waals surface area (Å²) in [5.74, 6) is -0.546. The van der Waals surface area contributed by atoms with Gasteiger partial charge in [0, 0.05) is 21.2 Å². The minimum atomic E-state index is -0.546. The van der Waals surface area contributed by atoms with Gasteiger partial charge < -0.3 is 4.74 Å². The van der Waals surface area contributed by atoms with Gasteiger partial charge in [0.1, 0.15) is 10.8 Å². The first-order valence-electron chi connectivity index (χ1n) is 5.23. The summed E-state index contributed by atoms with van der Waals surface area (Å²) in [7, 11) is 1.28. The van der Waals surface area contributed by atoms with Gasteiger partial charge in [-0.25, -0.2) is 9.78 Å². The van der Waals surface area contributed by atoms with Crippen molar-refractivity contribution in [2.45, 2.75) is 0 Å². The molecule has 1 aromatic heterocycles. The maximum atomic E-state index is 11.3. The van der Waals surface area contributed by atoms with Gasteiger partial charge in [-0.15, -0.1) is 0 Å². The summed E-state index contributed by atoms with van der Waals surface area (Å²) in [6.45, 7) is 0. The lowest BCUT2D eigenvalue weighted by atomic mass is 10.1. The molecule has 6 heteroatoms. The van der Waals surface area contributed by atoms with Crippen molar-refractivity contribution in [3.8, 4) is 11.1 Å². The molecule has 1 aromatic carbocycles. The van der Waals surface area contributed by atoms with Crippen LogP contribution in [0.1, 0.15) is 10.5 Å². The van der Waals surface area contributed by atoms with E-state index in [1.54, 1.807) is 24.3 Å². The molecule has 1 heterocycles. The van der Waals surface area contributed by atoms with Crippen LogP contribution in [0.3, 0.4) is 0 Å². The second-order valence-electron chi connectivity index (χ2n) is 3.65. The maximum absolute atomic E-state index is 11.3. The van der Waals surface area contributed by atoms with E-state index in [0.29, 0.717) is 21.2 Å². The number of rotatable bonds is 2. The quantitative estimate of drug-likeness (QED) is 0.605. The Balaban J connectivity index is 2.49. The average molecular weight is 317 g/mol. The molecular weight excluding hydrogens is 309 g/mol. The van der Waals surface area contributed by atoms with Crippen LogP contribution < -0.4 is 0 Å². The lowest BCUT2D eigenvalue weighted by Gasteiger charge is -2.08. The molecule has 2 rings (SSSR count). The van der Waals surface area contributed by atoms with E-state index in [4.69, 9.17) is 34.8 Å². The standard InChI is InChI=1S/C13H8Cl3NO2/c1-19-13(18)11-5-4-9(12(16)17-11)8-3-2-7(14)6-10(8)15/h2-6H,1H3. The van der Waals surface area contributed by atoms with Crippen LogP contribution in [0.5, 0.6) is 0 Å². The second kappa shape index (κ2) is 5.78. The van der Waals surface area contributed by atoms with Crippen molar-refractivity contribution in [2.24, 2.45) is 0 Å². The van der Waals surface area contributed by atoms with Crippen LogP contribution in [0.4, 0.5) is 0 Å². The van der Waals surface area contributed by atoms with Crippen molar-refractivity contribution in [2.75, 3.05) is 7.11 Å². The highest BCUT2D eigenvalue weighted by atomic mass is 35.5. The van der Waals surface area contributed by atoms with E-state index >= 15 is 0 Å². The molecule has 0 atom stereocenters. The number of methoxy groups -OCH3 is 1. The monoisotopic (exact) mass is 315 g/mol. The third-order valence-electron chi connectivity index (χ3n) is 2.46. The van der Waals surface area contributed by atoms with Crippen molar-refractivity contribution in [1.82, 2.24) is 4.98 Å². The number of hydrogen-bond acceptors (Lipinski definition) is 3. The smallest absolute Gasteiger partial charge is 0.356 e. The molecule has 0 aliphatic heterocycles. The topological polar surface area (TPSA) is 39.2 Å². The van der Waals surface area contributed by atoms with Crippen LogP contribution in [-0.4, -0.2) is 18.1 Å². The molecule has 0 aliphatic carbocycles. The Morgan fingerprint density at radius 1 is 1.11 bits per heavy atom. The first kappa shape index (κ1) is 14.1. The Morgan fingerprint density at radius 2 is 1.79 bits per heavy atom. The molecule has 19 heavy (non-hydrogen) atoms. The minimum Gasteiger partial charge on any atom is -0.464 e. The molecule has 0 radical (unpaired) electrons. The Kier molecular flexibility index (Phi) is 4.30. The molecule has 0 N–H and O–H groups in total. The van der Waals surface area contributed by atoms with Crippen LogP contribution in [0.15, 0.2) is 30.3 Å². The van der Waals surface area contributed by atoms with Crippen LogP contribution in [0.2, 0.25) is 15.2 Å². The Labute approximate surface area is 125 Å². The highest BCUT2D eigenvalue weighted by Crippen LogP contribution is 2.34. The van der Waals surface area contributed by atoms with Gasteiger partial charge in [-0.05, 0) is 24.3 Å². The SMILES string of the molecule is COC(=O)c1ccc(-c2ccc(Cl)cc2Cl)c(Cl)n1. The summed E-state index contributed by atoms with van der Waals surface area (Å²) in [5, 5.41) is 1.16. The predicted molar refractivity (Wildman–Crippen MR) is 76.0 cm³/mol. The Hall–Kier alpha value is -1.29. The van der Waals surface area contributed by atoms with Crippen LogP contribution in [0, 0.1) is 0 Å². The van der Waals surface area contributed by atoms with Gasteiger partial charge in [0.05, 0.1) is 7.11 Å². The number of hydrogen-bond donors (Lipinski definition) is 0. The molecular formula is C13H8Cl3NO2. The molecule has 0 saturated heterocycles. The Morgan fingerprint density at radius 3 is 2.37 bits per heavy atom. The summed E-state index contributed by atoms with van der Waals surface area (Å²) in [4.78, 5) is 15.3. The van der Waals surface area contributed by atoms with Gasteiger partial charge in [0.15, 0.2) is 0 Å². The van der Waals surface area contributed by atoms with Gasteiger partial charge in [-0.2, -0.15) is 0 Å². The zero-order valence-corrected chi connectivity index (χ0v) is 12.1. The van der Waals surface area contributed by atoms with E-state index in [1.165, 1.54) is 13.2 Å². The van der Waals surface area contributed by atoms with E-state index in [0.717, 1.165) is 0 Å². The fourth-order valence-corrected chi connectivity index (χ4v) is 2.33. The number of aromatic nitrogens is 1. The second-order valence-corrected chi connectivity index (χ2v) is 4.85. The molecule has 0 unspecified atom stereocenters. The number of pyridine rings is 1. The highest BCUT2D eigenvalue weighted by molar-refractivity contribution is 6.37. The summed E-state index contributed by atoms with van der Waals surface area (Å²) in [6.07, 6.45) is 0. The van der Waals surface area contributed by atoms with E-state index in [1.807, 2.05) is 0 Å². The molecule has 0 fully saturated rings. The normalized spacial score (nSPS) is 10.3. The lowest BCUT2D eigenvalue weighted by molar-refractivity contribution is 0.0594. The first-order chi connectivity index (χ1) is 9.02. The number of carbonyl (C=O) groups is 1. The summed E-state index contributed by atoms with van der Waals surface area (Å²) in [5.41, 5.74) is 1.46. The molecule has 0 amide bonds. The molecule has 98 valence electrons. The van der Waals surface area contributed by atoms with Crippen LogP contribution in [-0.2, 0) is 4.74 Å². The van der Waals surface area contributed by atoms with E-state index in [9.17, 15) is 4.79 Å². The zero-order valence-electron chi connectivity index (χ0n) is 9.78. The average Bonchev–Trinajstić information content (AvgIpc) is 2.38. The van der Waals surface area contributed by atoms with Gasteiger partial charge in [0.25, 0.3) is 0 Å². The third kappa shape index (κ3) is 3.00. The van der Waals surface area contributed by atoms with Crippen molar-refractivity contribution < 1.29 is 9.53 Å². The van der Waals surface area contributed by atoms with E-state index in [-0.39, 0.29) is 10.8 Å². The lowest BCUT2D eigenvalue weighted by Crippen LogP contribution is -2.04. The largest absolute Gasteiger partial charge is 0.464 e. The molecule has 2 aromatic rings. The van der Waals surface area contributed by atoms with Gasteiger partial charge in [-0.1, -0.05) is 40.9 Å². The number of esters is 1. The summed E-state index contributed by atoms with van der Waals surface area (Å²) >= 11 is 18.0. The fraction of sp³-hybridized carbons (Fsp3) is 0.0769. The van der Waals surface area contributed by atoms with Crippen molar-refractivity contribution in [1.29, 1.82) is 0 Å². The molecule has 0 spiro atoms. The van der Waals surface area contributed by atoms with E-state index < -0.39 is 5.97 Å². The van der Waals surface area contributed by atoms with Gasteiger partial charge in [0.2, 0.25) is 0 Å². The highest BCUT2D eigenvalue weighted by Gasteiger charge is 2.13. The number of nitrogens with zero attached hydrogens (tertiary/aromatic N) is 1. The fourth-order valence-electron chi connectivity index (χ4n) is 1.56. The minimum absolute atomic E-state index is 0.140. The number of carbonyl (C=O) groups excluding carboxylic acids is 1. The number of halogens is 3. The number of ether oxygens (including phenoxy) is 1. The number of benzene rings is 1. The molecule has 0 aliphatic rings. The van der Waals surface area contributed by atoms with Crippen LogP contribution >= 0.6 is 34.8 Å². The van der Waals surface area contributed by atoms with Gasteiger partial charge >= 0.3 is 5.97 Å². The van der Waals surface area contributed by atoms with Crippen molar-refractivity contribution in [3.63, 3.8) is 0 Å². The molecule has 3 nitrogen and oxygen atoms in total. The van der Waals surface area contributed by atoms with Crippen LogP contribution in [0.25, 0.3) is 11.1 Å².